The fourth-order valence-corrected chi connectivity index (χ4v) is 2.35. The van der Waals surface area contributed by atoms with Gasteiger partial charge in [-0.3, -0.25) is 4.79 Å². The molecule has 1 aromatic carbocycles. The maximum absolute atomic E-state index is 10.4. The van der Waals surface area contributed by atoms with E-state index in [1.54, 1.807) is 0 Å². The molecule has 0 spiro atoms. The lowest BCUT2D eigenvalue weighted by atomic mass is 10.1. The van der Waals surface area contributed by atoms with Gasteiger partial charge in [-0.15, -0.1) is 0 Å². The molecule has 1 heterocycles. The van der Waals surface area contributed by atoms with Crippen molar-refractivity contribution in [2.45, 2.75) is 38.5 Å². The highest BCUT2D eigenvalue weighted by atomic mass is 16.5. The van der Waals surface area contributed by atoms with Crippen molar-refractivity contribution in [2.24, 2.45) is 0 Å². The van der Waals surface area contributed by atoms with Gasteiger partial charge in [0.2, 0.25) is 5.88 Å². The van der Waals surface area contributed by atoms with E-state index in [2.05, 4.69) is 4.98 Å². The number of unbranched alkanes of at least 4 members (excludes halogenated alkanes) is 4. The van der Waals surface area contributed by atoms with Crippen LogP contribution in [-0.4, -0.2) is 22.7 Å². The molecule has 2 rings (SSSR count). The monoisotopic (exact) mass is 313 g/mol. The number of hydrogen-bond acceptors (Lipinski definition) is 3. The number of pyridine rings is 1. The number of aliphatic carboxylic acids is 1. The second kappa shape index (κ2) is 9.62. The first kappa shape index (κ1) is 17.0. The average molecular weight is 313 g/mol. The number of carbonyl (C=O) groups is 1. The molecule has 122 valence electrons. The van der Waals surface area contributed by atoms with Crippen LogP contribution >= 0.6 is 0 Å². The van der Waals surface area contributed by atoms with Crippen molar-refractivity contribution in [3.63, 3.8) is 0 Å². The highest BCUT2D eigenvalue weighted by molar-refractivity contribution is 5.66. The topological polar surface area (TPSA) is 59.4 Å². The molecule has 0 aliphatic rings. The van der Waals surface area contributed by atoms with Gasteiger partial charge in [-0.2, -0.15) is 0 Å². The van der Waals surface area contributed by atoms with Gasteiger partial charge in [0, 0.05) is 18.1 Å². The molecule has 4 heteroatoms. The molecule has 0 fully saturated rings. The van der Waals surface area contributed by atoms with Crippen LogP contribution in [0.25, 0.3) is 11.3 Å². The lowest BCUT2D eigenvalue weighted by Crippen LogP contribution is -2.00. The Bertz CT molecular complexity index is 599. The van der Waals surface area contributed by atoms with Gasteiger partial charge in [0.05, 0.1) is 12.3 Å². The second-order valence-electron chi connectivity index (χ2n) is 5.49. The number of nitrogens with zero attached hydrogens (tertiary/aromatic N) is 1. The summed E-state index contributed by atoms with van der Waals surface area (Å²) >= 11 is 0. The third-order valence-corrected chi connectivity index (χ3v) is 3.58. The Morgan fingerprint density at radius 1 is 0.913 bits per heavy atom. The Morgan fingerprint density at radius 3 is 2.43 bits per heavy atom. The summed E-state index contributed by atoms with van der Waals surface area (Å²) in [5.41, 5.74) is 1.99. The van der Waals surface area contributed by atoms with Crippen LogP contribution in [0.15, 0.2) is 48.5 Å². The van der Waals surface area contributed by atoms with Gasteiger partial charge < -0.3 is 9.84 Å². The predicted octanol–water partition coefficient (Wildman–Crippen LogP) is 4.55. The molecular formula is C19H23NO3. The quantitative estimate of drug-likeness (QED) is 0.654. The molecule has 0 saturated heterocycles. The molecule has 0 aliphatic carbocycles. The van der Waals surface area contributed by atoms with Gasteiger partial charge in [0.25, 0.3) is 0 Å². The van der Waals surface area contributed by atoms with Crippen LogP contribution in [0.3, 0.4) is 0 Å². The van der Waals surface area contributed by atoms with Gasteiger partial charge in [-0.1, -0.05) is 55.7 Å². The predicted molar refractivity (Wildman–Crippen MR) is 90.5 cm³/mol. The molecule has 1 aromatic heterocycles. The van der Waals surface area contributed by atoms with Crippen molar-refractivity contribution in [2.75, 3.05) is 6.61 Å². The van der Waals surface area contributed by atoms with Crippen molar-refractivity contribution in [1.29, 1.82) is 0 Å². The summed E-state index contributed by atoms with van der Waals surface area (Å²) in [6.07, 6.45) is 5.06. The van der Waals surface area contributed by atoms with Gasteiger partial charge in [0.1, 0.15) is 0 Å². The Morgan fingerprint density at radius 2 is 1.65 bits per heavy atom. The first-order valence-corrected chi connectivity index (χ1v) is 8.13. The molecule has 0 atom stereocenters. The Labute approximate surface area is 137 Å². The molecule has 0 saturated carbocycles. The molecule has 2 aromatic rings. The maximum Gasteiger partial charge on any atom is 0.303 e. The van der Waals surface area contributed by atoms with E-state index in [1.807, 2.05) is 48.5 Å². The van der Waals surface area contributed by atoms with E-state index in [-0.39, 0.29) is 6.42 Å². The van der Waals surface area contributed by atoms with Gasteiger partial charge in [-0.05, 0) is 18.9 Å². The Balaban J connectivity index is 1.67. The van der Waals surface area contributed by atoms with Crippen LogP contribution in [0.4, 0.5) is 0 Å². The third-order valence-electron chi connectivity index (χ3n) is 3.58. The highest BCUT2D eigenvalue weighted by Gasteiger charge is 2.01. The zero-order valence-corrected chi connectivity index (χ0v) is 13.3. The van der Waals surface area contributed by atoms with E-state index in [0.717, 1.165) is 43.4 Å². The van der Waals surface area contributed by atoms with Crippen LogP contribution in [0.5, 0.6) is 5.88 Å². The third kappa shape index (κ3) is 6.51. The molecule has 0 unspecified atom stereocenters. The van der Waals surface area contributed by atoms with E-state index in [9.17, 15) is 4.79 Å². The lowest BCUT2D eigenvalue weighted by molar-refractivity contribution is -0.137. The molecule has 0 radical (unpaired) electrons. The van der Waals surface area contributed by atoms with Crippen molar-refractivity contribution in [3.05, 3.63) is 48.5 Å². The van der Waals surface area contributed by atoms with Crippen molar-refractivity contribution in [1.82, 2.24) is 4.98 Å². The SMILES string of the molecule is O=C(O)CCCCCCCOc1cccc(-c2ccccc2)n1. The zero-order chi connectivity index (χ0) is 16.3. The van der Waals surface area contributed by atoms with E-state index in [4.69, 9.17) is 9.84 Å². The standard InChI is InChI=1S/C19H23NO3/c21-19(22)14-7-2-1-3-8-15-23-18-13-9-12-17(20-18)16-10-5-4-6-11-16/h4-6,9-13H,1-3,7-8,14-15H2,(H,21,22). The minimum atomic E-state index is -0.710. The van der Waals surface area contributed by atoms with Crippen LogP contribution < -0.4 is 4.74 Å². The molecule has 1 N–H and O–H groups in total. The fraction of sp³-hybridized carbons (Fsp3) is 0.368. The summed E-state index contributed by atoms with van der Waals surface area (Å²) in [6.45, 7) is 0.643. The van der Waals surface area contributed by atoms with E-state index >= 15 is 0 Å². The summed E-state index contributed by atoms with van der Waals surface area (Å²) in [5.74, 6) is -0.0602. The minimum Gasteiger partial charge on any atom is -0.481 e. The number of hydrogen-bond donors (Lipinski definition) is 1. The summed E-state index contributed by atoms with van der Waals surface area (Å²) < 4.78 is 5.71. The summed E-state index contributed by atoms with van der Waals surface area (Å²) in [5, 5.41) is 8.56. The zero-order valence-electron chi connectivity index (χ0n) is 13.3. The number of rotatable bonds is 10. The number of aromatic nitrogens is 1. The highest BCUT2D eigenvalue weighted by Crippen LogP contribution is 2.19. The summed E-state index contributed by atoms with van der Waals surface area (Å²) in [7, 11) is 0. The molecule has 0 bridgehead atoms. The minimum absolute atomic E-state index is 0.271. The van der Waals surface area contributed by atoms with Crippen LogP contribution in [0.2, 0.25) is 0 Å². The molecule has 23 heavy (non-hydrogen) atoms. The van der Waals surface area contributed by atoms with Gasteiger partial charge in [0.15, 0.2) is 0 Å². The second-order valence-corrected chi connectivity index (χ2v) is 5.49. The number of ether oxygens (including phenoxy) is 1. The number of benzene rings is 1. The number of carboxylic acids is 1. The number of carboxylic acid groups (broad SMARTS) is 1. The van der Waals surface area contributed by atoms with Gasteiger partial charge in [-0.25, -0.2) is 4.98 Å². The molecule has 4 nitrogen and oxygen atoms in total. The first-order valence-electron chi connectivity index (χ1n) is 8.13. The van der Waals surface area contributed by atoms with Crippen molar-refractivity contribution in [3.8, 4) is 17.1 Å². The van der Waals surface area contributed by atoms with Gasteiger partial charge >= 0.3 is 5.97 Å². The van der Waals surface area contributed by atoms with Crippen LogP contribution in [-0.2, 0) is 4.79 Å². The normalized spacial score (nSPS) is 10.4. The lowest BCUT2D eigenvalue weighted by Gasteiger charge is -2.07. The Hall–Kier alpha value is -2.36. The van der Waals surface area contributed by atoms with Crippen LogP contribution in [0.1, 0.15) is 38.5 Å². The summed E-state index contributed by atoms with van der Waals surface area (Å²) in [6, 6.07) is 15.8. The van der Waals surface area contributed by atoms with Crippen molar-refractivity contribution < 1.29 is 14.6 Å². The fourth-order valence-electron chi connectivity index (χ4n) is 2.35. The van der Waals surface area contributed by atoms with E-state index < -0.39 is 5.97 Å². The van der Waals surface area contributed by atoms with E-state index in [1.165, 1.54) is 0 Å². The Kier molecular flexibility index (Phi) is 7.11. The van der Waals surface area contributed by atoms with Crippen molar-refractivity contribution >= 4 is 5.97 Å². The maximum atomic E-state index is 10.4. The van der Waals surface area contributed by atoms with Crippen LogP contribution in [0, 0.1) is 0 Å². The largest absolute Gasteiger partial charge is 0.481 e. The molecule has 0 aliphatic heterocycles. The average Bonchev–Trinajstić information content (AvgIpc) is 2.58. The summed E-state index contributed by atoms with van der Waals surface area (Å²) in [4.78, 5) is 14.9. The smallest absolute Gasteiger partial charge is 0.303 e. The first-order chi connectivity index (χ1) is 11.3. The molecule has 0 amide bonds. The van der Waals surface area contributed by atoms with E-state index in [0.29, 0.717) is 12.5 Å². The molecular weight excluding hydrogens is 290 g/mol.